The van der Waals surface area contributed by atoms with Crippen molar-refractivity contribution in [1.82, 2.24) is 0 Å². The molecule has 0 aliphatic heterocycles. The number of benzene rings is 1. The first-order valence-electron chi connectivity index (χ1n) is 7.08. The van der Waals surface area contributed by atoms with E-state index in [2.05, 4.69) is 4.74 Å². The Morgan fingerprint density at radius 2 is 1.86 bits per heavy atom. The summed E-state index contributed by atoms with van der Waals surface area (Å²) in [4.78, 5) is 11.7. The molecule has 0 aliphatic rings. The van der Waals surface area contributed by atoms with Crippen molar-refractivity contribution in [1.29, 1.82) is 0 Å². The van der Waals surface area contributed by atoms with E-state index in [1.807, 2.05) is 6.92 Å². The van der Waals surface area contributed by atoms with Gasteiger partial charge in [-0.05, 0) is 24.0 Å². The molecule has 0 aromatic heterocycles. The van der Waals surface area contributed by atoms with E-state index in [9.17, 15) is 18.7 Å². The van der Waals surface area contributed by atoms with Crippen LogP contribution in [0, 0.1) is 5.92 Å². The topological polar surface area (TPSA) is 46.5 Å². The van der Waals surface area contributed by atoms with Crippen LogP contribution in [0.15, 0.2) is 24.3 Å². The van der Waals surface area contributed by atoms with Crippen molar-refractivity contribution in [2.24, 2.45) is 5.92 Å². The molecule has 0 aliphatic carbocycles. The van der Waals surface area contributed by atoms with E-state index < -0.39 is 23.9 Å². The van der Waals surface area contributed by atoms with Gasteiger partial charge in [0.25, 0.3) is 6.43 Å². The van der Waals surface area contributed by atoms with Crippen molar-refractivity contribution < 1.29 is 23.4 Å². The van der Waals surface area contributed by atoms with E-state index in [4.69, 9.17) is 0 Å². The van der Waals surface area contributed by atoms with Gasteiger partial charge in [-0.2, -0.15) is 0 Å². The monoisotopic (exact) mass is 300 g/mol. The number of alkyl halides is 2. The second-order valence-electron chi connectivity index (χ2n) is 5.06. The van der Waals surface area contributed by atoms with Gasteiger partial charge in [0.05, 0.1) is 7.11 Å². The molecule has 5 heteroatoms. The summed E-state index contributed by atoms with van der Waals surface area (Å²) in [5.74, 6) is -2.99. The minimum atomic E-state index is -3.00. The molecule has 2 unspecified atom stereocenters. The van der Waals surface area contributed by atoms with Crippen LogP contribution in [-0.2, 0) is 21.6 Å². The lowest BCUT2D eigenvalue weighted by molar-refractivity contribution is -0.170. The summed E-state index contributed by atoms with van der Waals surface area (Å²) in [5, 5.41) is 10.8. The molecule has 0 heterocycles. The summed E-state index contributed by atoms with van der Waals surface area (Å²) in [6, 6.07) is 6.76. The van der Waals surface area contributed by atoms with Crippen molar-refractivity contribution in [3.8, 4) is 0 Å². The number of methoxy groups -OCH3 is 1. The molecule has 0 radical (unpaired) electrons. The Balaban J connectivity index is 3.29. The van der Waals surface area contributed by atoms with E-state index in [-0.39, 0.29) is 6.42 Å². The predicted octanol–water partition coefficient (Wildman–Crippen LogP) is 3.29. The van der Waals surface area contributed by atoms with Crippen molar-refractivity contribution in [2.75, 3.05) is 7.11 Å². The first-order valence-corrected chi connectivity index (χ1v) is 7.08. The number of hydrogen-bond acceptors (Lipinski definition) is 3. The third-order valence-corrected chi connectivity index (χ3v) is 3.71. The largest absolute Gasteiger partial charge is 0.469 e. The average Bonchev–Trinajstić information content (AvgIpc) is 2.47. The van der Waals surface area contributed by atoms with E-state index >= 15 is 0 Å². The van der Waals surface area contributed by atoms with Crippen molar-refractivity contribution in [3.63, 3.8) is 0 Å². The highest BCUT2D eigenvalue weighted by Gasteiger charge is 2.48. The zero-order valence-electron chi connectivity index (χ0n) is 12.6. The number of carbonyl (C=O) groups is 1. The maximum Gasteiger partial charge on any atom is 0.317 e. The average molecular weight is 300 g/mol. The molecule has 21 heavy (non-hydrogen) atoms. The van der Waals surface area contributed by atoms with Crippen LogP contribution in [0.1, 0.15) is 37.8 Å². The Kier molecular flexibility index (Phi) is 6.27. The molecular weight excluding hydrogens is 278 g/mol. The number of aliphatic hydroxyl groups is 1. The molecule has 0 saturated heterocycles. The smallest absolute Gasteiger partial charge is 0.317 e. The molecule has 1 aromatic carbocycles. The fourth-order valence-electron chi connectivity index (χ4n) is 2.52. The maximum atomic E-state index is 13.3. The molecular formula is C16H22F2O3. The third-order valence-electron chi connectivity index (χ3n) is 3.71. The number of hydrogen-bond donors (Lipinski definition) is 1. The van der Waals surface area contributed by atoms with E-state index in [0.29, 0.717) is 12.0 Å². The van der Waals surface area contributed by atoms with Gasteiger partial charge in [-0.3, -0.25) is 4.79 Å². The van der Waals surface area contributed by atoms with Crippen LogP contribution in [0.4, 0.5) is 8.78 Å². The Morgan fingerprint density at radius 1 is 1.29 bits per heavy atom. The van der Waals surface area contributed by atoms with Gasteiger partial charge in [0, 0.05) is 0 Å². The maximum absolute atomic E-state index is 13.3. The second kappa shape index (κ2) is 7.50. The van der Waals surface area contributed by atoms with E-state index in [1.54, 1.807) is 31.2 Å². The minimum absolute atomic E-state index is 0.0581. The van der Waals surface area contributed by atoms with Gasteiger partial charge in [0.2, 0.25) is 0 Å². The summed E-state index contributed by atoms with van der Waals surface area (Å²) in [6.07, 6.45) is -1.67. The molecule has 0 bridgehead atoms. The lowest BCUT2D eigenvalue weighted by atomic mass is 9.78. The normalized spacial score (nSPS) is 15.6. The van der Waals surface area contributed by atoms with Gasteiger partial charge in [-0.1, -0.05) is 44.5 Å². The van der Waals surface area contributed by atoms with Gasteiger partial charge in [-0.25, -0.2) is 8.78 Å². The van der Waals surface area contributed by atoms with Crippen molar-refractivity contribution in [2.45, 2.75) is 45.1 Å². The van der Waals surface area contributed by atoms with Crippen molar-refractivity contribution in [3.05, 3.63) is 35.4 Å². The van der Waals surface area contributed by atoms with Crippen LogP contribution in [0.25, 0.3) is 0 Å². The van der Waals surface area contributed by atoms with Crippen LogP contribution in [0.2, 0.25) is 0 Å². The molecule has 0 saturated carbocycles. The quantitative estimate of drug-likeness (QED) is 0.786. The predicted molar refractivity (Wildman–Crippen MR) is 76.1 cm³/mol. The van der Waals surface area contributed by atoms with Crippen LogP contribution >= 0.6 is 0 Å². The fraction of sp³-hybridized carbons (Fsp3) is 0.562. The van der Waals surface area contributed by atoms with Gasteiger partial charge in [0.1, 0.15) is 5.60 Å². The Bertz CT molecular complexity index is 459. The Morgan fingerprint density at radius 3 is 2.24 bits per heavy atom. The molecule has 0 fully saturated rings. The fourth-order valence-corrected chi connectivity index (χ4v) is 2.52. The number of carbonyl (C=O) groups excluding carboxylic acids is 1. The van der Waals surface area contributed by atoms with Crippen molar-refractivity contribution >= 4 is 5.97 Å². The molecule has 1 rings (SSSR count). The second-order valence-corrected chi connectivity index (χ2v) is 5.06. The highest BCUT2D eigenvalue weighted by Crippen LogP contribution is 2.38. The number of esters is 1. The molecule has 1 N–H and O–H groups in total. The molecule has 3 nitrogen and oxygen atoms in total. The van der Waals surface area contributed by atoms with Gasteiger partial charge in [0.15, 0.2) is 5.92 Å². The summed E-state index contributed by atoms with van der Waals surface area (Å²) in [7, 11) is 1.05. The summed E-state index contributed by atoms with van der Waals surface area (Å²) < 4.78 is 31.1. The molecule has 0 amide bonds. The molecule has 1 aromatic rings. The lowest BCUT2D eigenvalue weighted by Crippen LogP contribution is -2.44. The standard InChI is InChI=1S/C16H22F2O3/c1-4-10-16(20,13(14(17)18)15(19)21-3)12-8-6-11(5-2)7-9-12/h6-9,13-14,20H,4-5,10H2,1-3H3. The van der Waals surface area contributed by atoms with Gasteiger partial charge < -0.3 is 9.84 Å². The molecule has 0 spiro atoms. The first-order chi connectivity index (χ1) is 9.90. The van der Waals surface area contributed by atoms with E-state index in [1.165, 1.54) is 0 Å². The third kappa shape index (κ3) is 3.79. The van der Waals surface area contributed by atoms with Gasteiger partial charge in [-0.15, -0.1) is 0 Å². The summed E-state index contributed by atoms with van der Waals surface area (Å²) in [5.41, 5.74) is -0.580. The molecule has 118 valence electrons. The zero-order chi connectivity index (χ0) is 16.0. The first kappa shape index (κ1) is 17.6. The van der Waals surface area contributed by atoms with Crippen LogP contribution < -0.4 is 0 Å². The van der Waals surface area contributed by atoms with Gasteiger partial charge >= 0.3 is 5.97 Å². The van der Waals surface area contributed by atoms with E-state index in [0.717, 1.165) is 19.1 Å². The summed E-state index contributed by atoms with van der Waals surface area (Å²) in [6.45, 7) is 3.74. The number of rotatable bonds is 7. The highest BCUT2D eigenvalue weighted by molar-refractivity contribution is 5.74. The number of ether oxygens (including phenoxy) is 1. The Hall–Kier alpha value is -1.49. The lowest BCUT2D eigenvalue weighted by Gasteiger charge is -2.34. The SMILES string of the molecule is CCCC(O)(c1ccc(CC)cc1)C(C(=O)OC)C(F)F. The Labute approximate surface area is 123 Å². The highest BCUT2D eigenvalue weighted by atomic mass is 19.3. The zero-order valence-corrected chi connectivity index (χ0v) is 12.6. The molecule has 2 atom stereocenters. The number of halogens is 2. The number of aryl methyl sites for hydroxylation is 1. The summed E-state index contributed by atoms with van der Waals surface area (Å²) >= 11 is 0. The van der Waals surface area contributed by atoms with Crippen LogP contribution in [-0.4, -0.2) is 24.6 Å². The van der Waals surface area contributed by atoms with Crippen LogP contribution in [0.3, 0.4) is 0 Å². The minimum Gasteiger partial charge on any atom is -0.469 e. The van der Waals surface area contributed by atoms with Crippen LogP contribution in [0.5, 0.6) is 0 Å².